The first-order chi connectivity index (χ1) is 5.31. The van der Waals surface area contributed by atoms with Crippen LogP contribution in [-0.4, -0.2) is 24.6 Å². The molecule has 0 unspecified atom stereocenters. The Hall–Kier alpha value is 0.0500. The molecule has 0 aromatic rings. The number of rotatable bonds is 7. The van der Waals surface area contributed by atoms with Crippen LogP contribution >= 0.6 is 11.8 Å². The molecule has 1 N–H and O–H groups in total. The summed E-state index contributed by atoms with van der Waals surface area (Å²) in [6, 6.07) is 0. The SMILES string of the molecule is C=C(CNCCC)CSCC. The number of hydrogen-bond donors (Lipinski definition) is 1. The first kappa shape index (κ1) is 11.1. The van der Waals surface area contributed by atoms with E-state index >= 15 is 0 Å². The average molecular weight is 173 g/mol. The monoisotopic (exact) mass is 173 g/mol. The van der Waals surface area contributed by atoms with Crippen LogP contribution in [0.4, 0.5) is 0 Å². The van der Waals surface area contributed by atoms with Crippen LogP contribution in [0.3, 0.4) is 0 Å². The zero-order chi connectivity index (χ0) is 8.53. The van der Waals surface area contributed by atoms with Gasteiger partial charge in [-0.05, 0) is 18.7 Å². The van der Waals surface area contributed by atoms with Crippen molar-refractivity contribution in [2.45, 2.75) is 20.3 Å². The van der Waals surface area contributed by atoms with Gasteiger partial charge in [-0.1, -0.05) is 26.0 Å². The van der Waals surface area contributed by atoms with Crippen molar-refractivity contribution in [1.82, 2.24) is 5.32 Å². The molecule has 0 aliphatic carbocycles. The zero-order valence-corrected chi connectivity index (χ0v) is 8.47. The molecule has 0 radical (unpaired) electrons. The molecule has 0 spiro atoms. The number of hydrogen-bond acceptors (Lipinski definition) is 2. The van der Waals surface area contributed by atoms with Gasteiger partial charge in [-0.25, -0.2) is 0 Å². The van der Waals surface area contributed by atoms with Gasteiger partial charge < -0.3 is 5.32 Å². The predicted molar refractivity (Wildman–Crippen MR) is 55.3 cm³/mol. The molecule has 0 saturated carbocycles. The fraction of sp³-hybridized carbons (Fsp3) is 0.778. The molecule has 0 rings (SSSR count). The van der Waals surface area contributed by atoms with Crippen LogP contribution in [0.2, 0.25) is 0 Å². The third-order valence-corrected chi connectivity index (χ3v) is 2.33. The van der Waals surface area contributed by atoms with Gasteiger partial charge in [-0.15, -0.1) is 0 Å². The molecule has 0 saturated heterocycles. The van der Waals surface area contributed by atoms with Crippen molar-refractivity contribution in [2.24, 2.45) is 0 Å². The van der Waals surface area contributed by atoms with Gasteiger partial charge in [0.1, 0.15) is 0 Å². The topological polar surface area (TPSA) is 12.0 Å². The second-order valence-electron chi connectivity index (χ2n) is 2.56. The maximum absolute atomic E-state index is 3.98. The van der Waals surface area contributed by atoms with E-state index in [1.807, 2.05) is 11.8 Å². The smallest absolute Gasteiger partial charge is 0.0170 e. The van der Waals surface area contributed by atoms with Crippen LogP contribution in [0.5, 0.6) is 0 Å². The van der Waals surface area contributed by atoms with Crippen LogP contribution in [0, 0.1) is 0 Å². The molecular weight excluding hydrogens is 154 g/mol. The Morgan fingerprint density at radius 3 is 2.73 bits per heavy atom. The summed E-state index contributed by atoms with van der Waals surface area (Å²) < 4.78 is 0. The molecule has 0 aliphatic rings. The maximum Gasteiger partial charge on any atom is 0.0170 e. The molecular formula is C9H19NS. The highest BCUT2D eigenvalue weighted by atomic mass is 32.2. The summed E-state index contributed by atoms with van der Waals surface area (Å²) in [6.45, 7) is 10.4. The zero-order valence-electron chi connectivity index (χ0n) is 7.65. The van der Waals surface area contributed by atoms with Gasteiger partial charge in [0.15, 0.2) is 0 Å². The lowest BCUT2D eigenvalue weighted by Gasteiger charge is -2.04. The van der Waals surface area contributed by atoms with Crippen molar-refractivity contribution in [3.63, 3.8) is 0 Å². The van der Waals surface area contributed by atoms with E-state index < -0.39 is 0 Å². The summed E-state index contributed by atoms with van der Waals surface area (Å²) in [5.41, 5.74) is 1.31. The third-order valence-electron chi connectivity index (χ3n) is 1.31. The van der Waals surface area contributed by atoms with Gasteiger partial charge in [-0.2, -0.15) is 11.8 Å². The Morgan fingerprint density at radius 2 is 2.18 bits per heavy atom. The summed E-state index contributed by atoms with van der Waals surface area (Å²) in [6.07, 6.45) is 1.20. The first-order valence-electron chi connectivity index (χ1n) is 4.26. The summed E-state index contributed by atoms with van der Waals surface area (Å²) in [4.78, 5) is 0. The Balaban J connectivity index is 3.09. The van der Waals surface area contributed by atoms with Crippen molar-refractivity contribution in [3.05, 3.63) is 12.2 Å². The molecule has 0 amide bonds. The fourth-order valence-corrected chi connectivity index (χ4v) is 1.33. The molecule has 11 heavy (non-hydrogen) atoms. The van der Waals surface area contributed by atoms with E-state index in [2.05, 4.69) is 25.7 Å². The molecule has 0 aliphatic heterocycles. The van der Waals surface area contributed by atoms with Gasteiger partial charge in [-0.3, -0.25) is 0 Å². The van der Waals surface area contributed by atoms with Crippen molar-refractivity contribution in [3.8, 4) is 0 Å². The van der Waals surface area contributed by atoms with Gasteiger partial charge in [0.05, 0.1) is 0 Å². The van der Waals surface area contributed by atoms with Crippen LogP contribution in [0.1, 0.15) is 20.3 Å². The van der Waals surface area contributed by atoms with Crippen molar-refractivity contribution < 1.29 is 0 Å². The first-order valence-corrected chi connectivity index (χ1v) is 5.41. The maximum atomic E-state index is 3.98. The summed E-state index contributed by atoms with van der Waals surface area (Å²) in [5, 5.41) is 3.33. The van der Waals surface area contributed by atoms with E-state index in [0.717, 1.165) is 18.8 Å². The van der Waals surface area contributed by atoms with Gasteiger partial charge >= 0.3 is 0 Å². The molecule has 0 fully saturated rings. The number of thioether (sulfide) groups is 1. The standard InChI is InChI=1S/C9H19NS/c1-4-6-10-7-9(3)8-11-5-2/h10H,3-8H2,1-2H3. The Bertz CT molecular complexity index is 102. The minimum absolute atomic E-state index is 0.987. The van der Waals surface area contributed by atoms with E-state index in [-0.39, 0.29) is 0 Å². The van der Waals surface area contributed by atoms with E-state index in [9.17, 15) is 0 Å². The van der Waals surface area contributed by atoms with Gasteiger partial charge in [0.25, 0.3) is 0 Å². The van der Waals surface area contributed by atoms with E-state index in [1.165, 1.54) is 17.7 Å². The number of nitrogens with one attached hydrogen (secondary N) is 1. The highest BCUT2D eigenvalue weighted by Crippen LogP contribution is 2.03. The summed E-state index contributed by atoms with van der Waals surface area (Å²) in [5.74, 6) is 2.29. The van der Waals surface area contributed by atoms with Crippen LogP contribution in [0.25, 0.3) is 0 Å². The quantitative estimate of drug-likeness (QED) is 0.468. The van der Waals surface area contributed by atoms with Crippen LogP contribution in [-0.2, 0) is 0 Å². The normalized spacial score (nSPS) is 10.0. The Kier molecular flexibility index (Phi) is 8.19. The third kappa shape index (κ3) is 7.95. The van der Waals surface area contributed by atoms with E-state index in [1.54, 1.807) is 0 Å². The molecule has 1 nitrogen and oxygen atoms in total. The highest BCUT2D eigenvalue weighted by Gasteiger charge is 1.91. The molecule has 0 heterocycles. The Labute approximate surface area is 74.6 Å². The minimum atomic E-state index is 0.987. The van der Waals surface area contributed by atoms with E-state index in [0.29, 0.717) is 0 Å². The van der Waals surface area contributed by atoms with Crippen molar-refractivity contribution in [1.29, 1.82) is 0 Å². The fourth-order valence-electron chi connectivity index (χ4n) is 0.739. The lowest BCUT2D eigenvalue weighted by molar-refractivity contribution is 0.716. The minimum Gasteiger partial charge on any atom is -0.313 e. The highest BCUT2D eigenvalue weighted by molar-refractivity contribution is 7.99. The lowest BCUT2D eigenvalue weighted by atomic mass is 10.3. The summed E-state index contributed by atoms with van der Waals surface area (Å²) >= 11 is 1.93. The van der Waals surface area contributed by atoms with Gasteiger partial charge in [0.2, 0.25) is 0 Å². The van der Waals surface area contributed by atoms with E-state index in [4.69, 9.17) is 0 Å². The van der Waals surface area contributed by atoms with Gasteiger partial charge in [0, 0.05) is 12.3 Å². The second-order valence-corrected chi connectivity index (χ2v) is 3.84. The molecule has 0 atom stereocenters. The summed E-state index contributed by atoms with van der Waals surface area (Å²) in [7, 11) is 0. The van der Waals surface area contributed by atoms with Crippen LogP contribution < -0.4 is 5.32 Å². The van der Waals surface area contributed by atoms with Crippen molar-refractivity contribution >= 4 is 11.8 Å². The van der Waals surface area contributed by atoms with Crippen molar-refractivity contribution in [2.75, 3.05) is 24.6 Å². The molecule has 2 heteroatoms. The van der Waals surface area contributed by atoms with Crippen LogP contribution in [0.15, 0.2) is 12.2 Å². The second kappa shape index (κ2) is 8.15. The lowest BCUT2D eigenvalue weighted by Crippen LogP contribution is -2.18. The molecule has 0 aromatic heterocycles. The molecule has 66 valence electrons. The molecule has 0 bridgehead atoms. The average Bonchev–Trinajstić information content (AvgIpc) is 2.01. The predicted octanol–water partition coefficient (Wildman–Crippen LogP) is 2.30. The molecule has 0 aromatic carbocycles. The Morgan fingerprint density at radius 1 is 1.45 bits per heavy atom. The largest absolute Gasteiger partial charge is 0.313 e.